The Balaban J connectivity index is 2.31. The molecule has 1 unspecified atom stereocenters. The number of nitrogens with one attached hydrogen (secondary N) is 1. The molecule has 1 heterocycles. The zero-order chi connectivity index (χ0) is 13.8. The van der Waals surface area contributed by atoms with Crippen LogP contribution in [-0.4, -0.2) is 27.3 Å². The zero-order valence-corrected chi connectivity index (χ0v) is 11.0. The molecule has 0 aliphatic heterocycles. The second-order valence-electron chi connectivity index (χ2n) is 4.87. The summed E-state index contributed by atoms with van der Waals surface area (Å²) in [5.74, 6) is -0.597. The molecule has 100 valence electrons. The lowest BCUT2D eigenvalue weighted by Crippen LogP contribution is -2.28. The van der Waals surface area contributed by atoms with Gasteiger partial charge in [0.25, 0.3) is 0 Å². The lowest BCUT2D eigenvalue weighted by atomic mass is 10.0. The van der Waals surface area contributed by atoms with E-state index in [1.54, 1.807) is 6.20 Å². The maximum Gasteiger partial charge on any atom is 0.305 e. The van der Waals surface area contributed by atoms with Crippen LogP contribution in [0.3, 0.4) is 0 Å². The van der Waals surface area contributed by atoms with Crippen LogP contribution in [0.25, 0.3) is 10.9 Å². The molecule has 2 N–H and O–H groups in total. The summed E-state index contributed by atoms with van der Waals surface area (Å²) in [4.78, 5) is 10.9. The fourth-order valence-electron chi connectivity index (χ4n) is 1.96. The van der Waals surface area contributed by atoms with Crippen molar-refractivity contribution in [3.05, 3.63) is 30.5 Å². The topological polar surface area (TPSA) is 75.1 Å². The Morgan fingerprint density at radius 1 is 1.37 bits per heavy atom. The molecule has 1 atom stereocenters. The van der Waals surface area contributed by atoms with Crippen molar-refractivity contribution in [1.82, 2.24) is 10.2 Å². The van der Waals surface area contributed by atoms with Gasteiger partial charge in [-0.1, -0.05) is 32.0 Å². The molecule has 0 amide bonds. The molecule has 19 heavy (non-hydrogen) atoms. The fraction of sp³-hybridized carbons (Fsp3) is 0.357. The van der Waals surface area contributed by atoms with Crippen molar-refractivity contribution in [2.45, 2.75) is 26.3 Å². The Morgan fingerprint density at radius 3 is 2.79 bits per heavy atom. The Kier molecular flexibility index (Phi) is 3.94. The molecule has 2 rings (SSSR count). The van der Waals surface area contributed by atoms with Gasteiger partial charge in [0, 0.05) is 11.4 Å². The van der Waals surface area contributed by atoms with Gasteiger partial charge in [-0.05, 0) is 12.0 Å². The maximum absolute atomic E-state index is 10.9. The van der Waals surface area contributed by atoms with E-state index in [1.807, 2.05) is 38.1 Å². The lowest BCUT2D eigenvalue weighted by Gasteiger charge is -2.22. The first-order valence-electron chi connectivity index (χ1n) is 6.26. The second kappa shape index (κ2) is 5.65. The Hall–Kier alpha value is -2.17. The van der Waals surface area contributed by atoms with E-state index in [2.05, 4.69) is 15.5 Å². The van der Waals surface area contributed by atoms with E-state index in [-0.39, 0.29) is 18.4 Å². The zero-order valence-electron chi connectivity index (χ0n) is 11.0. The number of carboxylic acids is 1. The minimum absolute atomic E-state index is 0.0777. The van der Waals surface area contributed by atoms with E-state index in [4.69, 9.17) is 5.11 Å². The highest BCUT2D eigenvalue weighted by molar-refractivity contribution is 5.90. The highest BCUT2D eigenvalue weighted by Crippen LogP contribution is 2.22. The summed E-state index contributed by atoms with van der Waals surface area (Å²) in [6, 6.07) is 7.53. The second-order valence-corrected chi connectivity index (χ2v) is 4.87. The van der Waals surface area contributed by atoms with Crippen molar-refractivity contribution >= 4 is 22.6 Å². The van der Waals surface area contributed by atoms with Gasteiger partial charge in [-0.3, -0.25) is 4.79 Å². The van der Waals surface area contributed by atoms with Crippen molar-refractivity contribution in [2.75, 3.05) is 5.32 Å². The number of carbonyl (C=O) groups is 1. The van der Waals surface area contributed by atoms with Gasteiger partial charge in [-0.25, -0.2) is 0 Å². The number of aromatic nitrogens is 2. The molecule has 1 aromatic carbocycles. The molecule has 0 fully saturated rings. The molecule has 0 bridgehead atoms. The summed E-state index contributed by atoms with van der Waals surface area (Å²) in [7, 11) is 0. The standard InChI is InChI=1S/C14H17N3O2/c1-9(2)12(7-14(18)19)16-13-8-15-17-11-6-4-3-5-10(11)13/h3-6,8-9,12H,7H2,1-2H3,(H,16,17)(H,18,19). The Bertz CT molecular complexity index is 578. The average Bonchev–Trinajstić information content (AvgIpc) is 2.37. The summed E-state index contributed by atoms with van der Waals surface area (Å²) in [5, 5.41) is 21.2. The van der Waals surface area contributed by atoms with Crippen molar-refractivity contribution in [2.24, 2.45) is 5.92 Å². The molecule has 0 aliphatic carbocycles. The number of benzene rings is 1. The fourth-order valence-corrected chi connectivity index (χ4v) is 1.96. The number of hydrogen-bond acceptors (Lipinski definition) is 4. The van der Waals surface area contributed by atoms with Crippen molar-refractivity contribution in [1.29, 1.82) is 0 Å². The van der Waals surface area contributed by atoms with Crippen molar-refractivity contribution in [3.63, 3.8) is 0 Å². The van der Waals surface area contributed by atoms with Gasteiger partial charge >= 0.3 is 5.97 Å². The van der Waals surface area contributed by atoms with Gasteiger partial charge in [0.05, 0.1) is 23.8 Å². The quantitative estimate of drug-likeness (QED) is 0.863. The number of fused-ring (bicyclic) bond motifs is 1. The SMILES string of the molecule is CC(C)C(CC(=O)O)Nc1cnnc2ccccc12. The first kappa shape index (κ1) is 13.3. The number of carboxylic acid groups (broad SMARTS) is 1. The molecule has 5 heteroatoms. The summed E-state index contributed by atoms with van der Waals surface area (Å²) in [5.41, 5.74) is 1.62. The predicted molar refractivity (Wildman–Crippen MR) is 74.0 cm³/mol. The molecule has 0 saturated carbocycles. The largest absolute Gasteiger partial charge is 0.481 e. The van der Waals surface area contributed by atoms with Crippen LogP contribution in [0.5, 0.6) is 0 Å². The molecular weight excluding hydrogens is 242 g/mol. The first-order valence-corrected chi connectivity index (χ1v) is 6.26. The summed E-state index contributed by atoms with van der Waals surface area (Å²) < 4.78 is 0. The molecule has 0 aliphatic rings. The minimum Gasteiger partial charge on any atom is -0.481 e. The van der Waals surface area contributed by atoms with Crippen LogP contribution in [0.2, 0.25) is 0 Å². The summed E-state index contributed by atoms with van der Waals surface area (Å²) >= 11 is 0. The maximum atomic E-state index is 10.9. The highest BCUT2D eigenvalue weighted by atomic mass is 16.4. The smallest absolute Gasteiger partial charge is 0.305 e. The molecule has 1 aromatic heterocycles. The van der Waals surface area contributed by atoms with E-state index >= 15 is 0 Å². The molecule has 0 radical (unpaired) electrons. The van der Waals surface area contributed by atoms with E-state index in [0.29, 0.717) is 0 Å². The Labute approximate surface area is 111 Å². The van der Waals surface area contributed by atoms with Crippen LogP contribution in [0, 0.1) is 5.92 Å². The molecule has 0 saturated heterocycles. The number of anilines is 1. The van der Waals surface area contributed by atoms with Gasteiger partial charge in [0.2, 0.25) is 0 Å². The molecule has 2 aromatic rings. The van der Waals surface area contributed by atoms with Crippen LogP contribution in [0.4, 0.5) is 5.69 Å². The lowest BCUT2D eigenvalue weighted by molar-refractivity contribution is -0.137. The first-order chi connectivity index (χ1) is 9.08. The van der Waals surface area contributed by atoms with Crippen LogP contribution < -0.4 is 5.32 Å². The third-order valence-electron chi connectivity index (χ3n) is 3.09. The van der Waals surface area contributed by atoms with E-state index < -0.39 is 5.97 Å². The van der Waals surface area contributed by atoms with Gasteiger partial charge in [-0.15, -0.1) is 0 Å². The third-order valence-corrected chi connectivity index (χ3v) is 3.09. The van der Waals surface area contributed by atoms with Gasteiger partial charge in [0.1, 0.15) is 0 Å². The predicted octanol–water partition coefficient (Wildman–Crippen LogP) is 2.54. The van der Waals surface area contributed by atoms with Crippen molar-refractivity contribution < 1.29 is 9.90 Å². The van der Waals surface area contributed by atoms with Crippen LogP contribution in [0.15, 0.2) is 30.5 Å². The molecular formula is C14H17N3O2. The van der Waals surface area contributed by atoms with E-state index in [1.165, 1.54) is 0 Å². The average molecular weight is 259 g/mol. The van der Waals surface area contributed by atoms with Gasteiger partial charge in [0.15, 0.2) is 0 Å². The number of aliphatic carboxylic acids is 1. The van der Waals surface area contributed by atoms with Gasteiger partial charge < -0.3 is 10.4 Å². The van der Waals surface area contributed by atoms with Crippen LogP contribution in [0.1, 0.15) is 20.3 Å². The van der Waals surface area contributed by atoms with Gasteiger partial charge in [-0.2, -0.15) is 10.2 Å². The monoisotopic (exact) mass is 259 g/mol. The van der Waals surface area contributed by atoms with E-state index in [9.17, 15) is 4.79 Å². The molecule has 5 nitrogen and oxygen atoms in total. The minimum atomic E-state index is -0.808. The Morgan fingerprint density at radius 2 is 2.11 bits per heavy atom. The third kappa shape index (κ3) is 3.19. The van der Waals surface area contributed by atoms with E-state index in [0.717, 1.165) is 16.6 Å². The molecule has 0 spiro atoms. The number of rotatable bonds is 5. The normalized spacial score (nSPS) is 12.6. The van der Waals surface area contributed by atoms with Crippen molar-refractivity contribution in [3.8, 4) is 0 Å². The van der Waals surface area contributed by atoms with Crippen LogP contribution in [-0.2, 0) is 4.79 Å². The van der Waals surface area contributed by atoms with Crippen LogP contribution >= 0.6 is 0 Å². The summed E-state index contributed by atoms with van der Waals surface area (Å²) in [6.07, 6.45) is 1.72. The summed E-state index contributed by atoms with van der Waals surface area (Å²) in [6.45, 7) is 3.99. The number of nitrogens with zero attached hydrogens (tertiary/aromatic N) is 2. The number of hydrogen-bond donors (Lipinski definition) is 2. The highest BCUT2D eigenvalue weighted by Gasteiger charge is 2.18.